The Balaban J connectivity index is 1.70. The summed E-state index contributed by atoms with van der Waals surface area (Å²) >= 11 is 0. The first-order chi connectivity index (χ1) is 8.33. The first kappa shape index (κ1) is 13.4. The van der Waals surface area contributed by atoms with E-state index in [1.165, 1.54) is 64.2 Å². The predicted molar refractivity (Wildman–Crippen MR) is 73.1 cm³/mol. The molecule has 2 aliphatic rings. The minimum Gasteiger partial charge on any atom is -0.381 e. The van der Waals surface area contributed by atoms with E-state index in [1.54, 1.807) is 0 Å². The average Bonchev–Trinajstić information content (AvgIpc) is 2.40. The highest BCUT2D eigenvalue weighted by Gasteiger charge is 2.30. The van der Waals surface area contributed by atoms with Gasteiger partial charge in [0.15, 0.2) is 0 Å². The summed E-state index contributed by atoms with van der Waals surface area (Å²) < 4.78 is 5.48. The van der Waals surface area contributed by atoms with Gasteiger partial charge in [-0.2, -0.15) is 0 Å². The molecule has 1 nitrogen and oxygen atoms in total. The molecule has 0 aromatic rings. The zero-order valence-corrected chi connectivity index (χ0v) is 11.8. The van der Waals surface area contributed by atoms with Gasteiger partial charge in [-0.25, -0.2) is 0 Å². The zero-order chi connectivity index (χ0) is 12.1. The van der Waals surface area contributed by atoms with E-state index in [-0.39, 0.29) is 0 Å². The highest BCUT2D eigenvalue weighted by molar-refractivity contribution is 4.82. The van der Waals surface area contributed by atoms with Gasteiger partial charge in [-0.1, -0.05) is 32.6 Å². The molecule has 0 aromatic carbocycles. The minimum absolute atomic E-state index is 0.572. The van der Waals surface area contributed by atoms with Gasteiger partial charge in [0.05, 0.1) is 6.10 Å². The number of rotatable bonds is 4. The number of hydrogen-bond acceptors (Lipinski definition) is 1. The summed E-state index contributed by atoms with van der Waals surface area (Å²) in [5.74, 6) is 3.15. The molecular formula is C16H30O. The Kier molecular flexibility index (Phi) is 5.34. The maximum Gasteiger partial charge on any atom is 0.0571 e. The van der Waals surface area contributed by atoms with Crippen LogP contribution in [0.4, 0.5) is 0 Å². The summed E-state index contributed by atoms with van der Waals surface area (Å²) in [5.41, 5.74) is 0. The van der Waals surface area contributed by atoms with Gasteiger partial charge in [0.25, 0.3) is 0 Å². The monoisotopic (exact) mass is 238 g/mol. The van der Waals surface area contributed by atoms with Crippen LogP contribution in [0.15, 0.2) is 0 Å². The molecule has 100 valence electrons. The van der Waals surface area contributed by atoms with Crippen molar-refractivity contribution >= 4 is 0 Å². The lowest BCUT2D eigenvalue weighted by Crippen LogP contribution is -2.28. The van der Waals surface area contributed by atoms with Crippen LogP contribution in [-0.2, 0) is 4.74 Å². The highest BCUT2D eigenvalue weighted by atomic mass is 16.5. The van der Waals surface area contributed by atoms with Gasteiger partial charge < -0.3 is 4.74 Å². The second kappa shape index (κ2) is 6.78. The molecule has 0 aliphatic heterocycles. The summed E-state index contributed by atoms with van der Waals surface area (Å²) in [6.07, 6.45) is 15.0. The maximum absolute atomic E-state index is 5.48. The van der Waals surface area contributed by atoms with Gasteiger partial charge in [-0.05, 0) is 56.3 Å². The second-order valence-electron chi connectivity index (χ2n) is 6.34. The summed E-state index contributed by atoms with van der Waals surface area (Å²) in [7, 11) is 1.88. The minimum atomic E-state index is 0.572. The van der Waals surface area contributed by atoms with Crippen molar-refractivity contribution in [2.45, 2.75) is 77.2 Å². The molecule has 2 rings (SSSR count). The maximum atomic E-state index is 5.48. The lowest BCUT2D eigenvalue weighted by Gasteiger charge is -2.37. The van der Waals surface area contributed by atoms with E-state index in [2.05, 4.69) is 6.92 Å². The van der Waals surface area contributed by atoms with E-state index in [0.717, 1.165) is 17.8 Å². The van der Waals surface area contributed by atoms with Gasteiger partial charge in [0, 0.05) is 7.11 Å². The van der Waals surface area contributed by atoms with E-state index in [0.29, 0.717) is 6.10 Å². The molecule has 0 saturated heterocycles. The lowest BCUT2D eigenvalue weighted by atomic mass is 9.70. The Morgan fingerprint density at radius 1 is 0.824 bits per heavy atom. The third-order valence-corrected chi connectivity index (χ3v) is 5.31. The Bertz CT molecular complexity index is 198. The first-order valence-electron chi connectivity index (χ1n) is 7.86. The van der Waals surface area contributed by atoms with Crippen LogP contribution < -0.4 is 0 Å². The van der Waals surface area contributed by atoms with Crippen LogP contribution in [0, 0.1) is 17.8 Å². The number of hydrogen-bond donors (Lipinski definition) is 0. The van der Waals surface area contributed by atoms with Gasteiger partial charge in [-0.3, -0.25) is 0 Å². The predicted octanol–water partition coefficient (Wildman–Crippen LogP) is 4.80. The molecule has 0 bridgehead atoms. The van der Waals surface area contributed by atoms with Crippen LogP contribution in [0.3, 0.4) is 0 Å². The largest absolute Gasteiger partial charge is 0.381 e. The number of methoxy groups -OCH3 is 1. The van der Waals surface area contributed by atoms with Crippen molar-refractivity contribution in [3.63, 3.8) is 0 Å². The highest BCUT2D eigenvalue weighted by Crippen LogP contribution is 2.41. The molecule has 1 heteroatoms. The van der Waals surface area contributed by atoms with E-state index in [1.807, 2.05) is 7.11 Å². The van der Waals surface area contributed by atoms with Gasteiger partial charge >= 0.3 is 0 Å². The molecule has 0 radical (unpaired) electrons. The molecule has 0 heterocycles. The molecule has 0 unspecified atom stereocenters. The van der Waals surface area contributed by atoms with Crippen molar-refractivity contribution < 1.29 is 4.74 Å². The fourth-order valence-corrected chi connectivity index (χ4v) is 4.15. The molecule has 2 aliphatic carbocycles. The van der Waals surface area contributed by atoms with Crippen LogP contribution in [0.2, 0.25) is 0 Å². The Morgan fingerprint density at radius 2 is 1.35 bits per heavy atom. The van der Waals surface area contributed by atoms with Gasteiger partial charge in [0.2, 0.25) is 0 Å². The van der Waals surface area contributed by atoms with Crippen LogP contribution in [-0.4, -0.2) is 13.2 Å². The summed E-state index contributed by atoms with van der Waals surface area (Å²) in [5, 5.41) is 0. The fraction of sp³-hybridized carbons (Fsp3) is 1.00. The fourth-order valence-electron chi connectivity index (χ4n) is 4.15. The third kappa shape index (κ3) is 3.71. The van der Waals surface area contributed by atoms with Crippen LogP contribution in [0.5, 0.6) is 0 Å². The first-order valence-corrected chi connectivity index (χ1v) is 7.86. The van der Waals surface area contributed by atoms with Crippen LogP contribution in [0.1, 0.15) is 71.1 Å². The van der Waals surface area contributed by atoms with E-state index < -0.39 is 0 Å². The van der Waals surface area contributed by atoms with Crippen molar-refractivity contribution in [2.24, 2.45) is 17.8 Å². The molecule has 0 amide bonds. The van der Waals surface area contributed by atoms with Crippen molar-refractivity contribution in [3.05, 3.63) is 0 Å². The standard InChI is InChI=1S/C16H30O/c1-3-4-13-5-7-14(8-6-13)15-9-11-16(17-2)12-10-15/h13-16H,3-12H2,1-2H3. The molecule has 2 saturated carbocycles. The Hall–Kier alpha value is -0.0400. The molecular weight excluding hydrogens is 208 g/mol. The van der Waals surface area contributed by atoms with Crippen LogP contribution >= 0.6 is 0 Å². The average molecular weight is 238 g/mol. The smallest absolute Gasteiger partial charge is 0.0571 e. The topological polar surface area (TPSA) is 9.23 Å². The van der Waals surface area contributed by atoms with Crippen molar-refractivity contribution in [3.8, 4) is 0 Å². The van der Waals surface area contributed by atoms with E-state index in [9.17, 15) is 0 Å². The van der Waals surface area contributed by atoms with Gasteiger partial charge in [-0.15, -0.1) is 0 Å². The van der Waals surface area contributed by atoms with E-state index >= 15 is 0 Å². The second-order valence-corrected chi connectivity index (χ2v) is 6.34. The quantitative estimate of drug-likeness (QED) is 0.683. The van der Waals surface area contributed by atoms with Crippen molar-refractivity contribution in [1.29, 1.82) is 0 Å². The van der Waals surface area contributed by atoms with Crippen LogP contribution in [0.25, 0.3) is 0 Å². The Morgan fingerprint density at radius 3 is 1.82 bits per heavy atom. The zero-order valence-electron chi connectivity index (χ0n) is 11.8. The molecule has 0 N–H and O–H groups in total. The summed E-state index contributed by atoms with van der Waals surface area (Å²) in [6.45, 7) is 2.33. The molecule has 0 spiro atoms. The number of ether oxygens (including phenoxy) is 1. The molecule has 17 heavy (non-hydrogen) atoms. The molecule has 0 atom stereocenters. The normalized spacial score (nSPS) is 39.2. The molecule has 2 fully saturated rings. The Labute approximate surface area is 107 Å². The SMILES string of the molecule is CCCC1CCC(C2CCC(OC)CC2)CC1. The summed E-state index contributed by atoms with van der Waals surface area (Å²) in [6, 6.07) is 0. The third-order valence-electron chi connectivity index (χ3n) is 5.31. The van der Waals surface area contributed by atoms with Crippen molar-refractivity contribution in [2.75, 3.05) is 7.11 Å². The van der Waals surface area contributed by atoms with Gasteiger partial charge in [0.1, 0.15) is 0 Å². The lowest BCUT2D eigenvalue weighted by molar-refractivity contribution is 0.0392. The van der Waals surface area contributed by atoms with Crippen molar-refractivity contribution in [1.82, 2.24) is 0 Å². The molecule has 0 aromatic heterocycles. The van der Waals surface area contributed by atoms with E-state index in [4.69, 9.17) is 4.74 Å². The summed E-state index contributed by atoms with van der Waals surface area (Å²) in [4.78, 5) is 0.